The number of nitrogens with one attached hydrogen (secondary N) is 1. The highest BCUT2D eigenvalue weighted by molar-refractivity contribution is 5.77. The van der Waals surface area contributed by atoms with Gasteiger partial charge in [-0.25, -0.2) is 9.18 Å². The molecule has 2 heterocycles. The minimum absolute atomic E-state index is 0.0716. The maximum Gasteiger partial charge on any atom is 0.328 e. The first-order valence-electron chi connectivity index (χ1n) is 10.8. The van der Waals surface area contributed by atoms with Crippen LogP contribution >= 0.6 is 0 Å². The smallest absolute Gasteiger partial charge is 0.328 e. The fourth-order valence-corrected chi connectivity index (χ4v) is 4.46. The molecule has 2 unspecified atom stereocenters. The highest BCUT2D eigenvalue weighted by atomic mass is 19.1. The van der Waals surface area contributed by atoms with E-state index in [4.69, 9.17) is 4.74 Å². The van der Waals surface area contributed by atoms with E-state index in [0.29, 0.717) is 37.0 Å². The van der Waals surface area contributed by atoms with Gasteiger partial charge in [0.2, 0.25) is 0 Å². The van der Waals surface area contributed by atoms with E-state index in [1.807, 2.05) is 0 Å². The molecule has 3 aromatic rings. The number of piperidine rings is 1. The quantitative estimate of drug-likeness (QED) is 0.597. The molecule has 168 valence electrons. The summed E-state index contributed by atoms with van der Waals surface area (Å²) in [5.74, 6) is -1.07. The number of para-hydroxylation sites is 1. The van der Waals surface area contributed by atoms with Crippen LogP contribution in [0.15, 0.2) is 58.1 Å². The van der Waals surface area contributed by atoms with Crippen molar-refractivity contribution in [1.82, 2.24) is 14.5 Å². The van der Waals surface area contributed by atoms with Crippen LogP contribution < -0.4 is 11.2 Å². The molecular weight excluding hydrogens is 413 g/mol. The molecule has 1 fully saturated rings. The number of halogens is 1. The second-order valence-corrected chi connectivity index (χ2v) is 8.04. The first-order valence-corrected chi connectivity index (χ1v) is 10.8. The Balaban J connectivity index is 1.52. The highest BCUT2D eigenvalue weighted by Gasteiger charge is 2.36. The molecule has 1 N–H and O–H groups in total. The van der Waals surface area contributed by atoms with Crippen molar-refractivity contribution in [2.24, 2.45) is 5.92 Å². The van der Waals surface area contributed by atoms with E-state index in [2.05, 4.69) is 9.88 Å². The summed E-state index contributed by atoms with van der Waals surface area (Å²) in [5.41, 5.74) is 0.650. The molecule has 1 aliphatic heterocycles. The summed E-state index contributed by atoms with van der Waals surface area (Å²) in [4.78, 5) is 42.7. The van der Waals surface area contributed by atoms with Crippen molar-refractivity contribution in [3.8, 4) is 0 Å². The fourth-order valence-electron chi connectivity index (χ4n) is 4.46. The Kier molecular flexibility index (Phi) is 6.50. The number of hydrogen-bond donors (Lipinski definition) is 1. The van der Waals surface area contributed by atoms with Crippen LogP contribution in [0.25, 0.3) is 10.9 Å². The summed E-state index contributed by atoms with van der Waals surface area (Å²) in [6.45, 7) is 3.86. The van der Waals surface area contributed by atoms with E-state index in [9.17, 15) is 18.8 Å². The maximum absolute atomic E-state index is 13.4. The first kappa shape index (κ1) is 22.0. The molecule has 1 aromatic heterocycles. The van der Waals surface area contributed by atoms with Crippen molar-refractivity contribution in [2.75, 3.05) is 26.2 Å². The molecule has 8 heteroatoms. The fraction of sp³-hybridized carbons (Fsp3) is 0.375. The number of aromatic nitrogens is 2. The van der Waals surface area contributed by atoms with Crippen LogP contribution in [0, 0.1) is 11.7 Å². The molecule has 1 aliphatic rings. The topological polar surface area (TPSA) is 84.4 Å². The average molecular weight is 439 g/mol. The Labute approximate surface area is 184 Å². The Bertz CT molecular complexity index is 1220. The van der Waals surface area contributed by atoms with Crippen molar-refractivity contribution in [3.05, 3.63) is 80.7 Å². The van der Waals surface area contributed by atoms with E-state index in [1.54, 1.807) is 43.3 Å². The van der Waals surface area contributed by atoms with Crippen molar-refractivity contribution in [2.45, 2.75) is 25.8 Å². The second kappa shape index (κ2) is 9.48. The minimum atomic E-state index is -0.447. The van der Waals surface area contributed by atoms with Crippen molar-refractivity contribution < 1.29 is 13.9 Å². The number of esters is 1. The lowest BCUT2D eigenvalue weighted by Gasteiger charge is -2.37. The molecule has 2 aromatic carbocycles. The van der Waals surface area contributed by atoms with Gasteiger partial charge in [-0.2, -0.15) is 0 Å². The summed E-state index contributed by atoms with van der Waals surface area (Å²) in [7, 11) is 0. The summed E-state index contributed by atoms with van der Waals surface area (Å²) < 4.78 is 19.9. The molecule has 7 nitrogen and oxygen atoms in total. The molecule has 4 rings (SSSR count). The molecule has 0 spiro atoms. The predicted molar refractivity (Wildman–Crippen MR) is 119 cm³/mol. The third kappa shape index (κ3) is 4.50. The number of carbonyl (C=O) groups is 1. The van der Waals surface area contributed by atoms with Gasteiger partial charge in [0.05, 0.1) is 23.4 Å². The average Bonchev–Trinajstić information content (AvgIpc) is 2.79. The molecule has 0 saturated carbocycles. The normalized spacial score (nSPS) is 19.2. The summed E-state index contributed by atoms with van der Waals surface area (Å²) in [5, 5.41) is 0.464. The van der Waals surface area contributed by atoms with Crippen molar-refractivity contribution in [3.63, 3.8) is 0 Å². The van der Waals surface area contributed by atoms with E-state index in [1.165, 1.54) is 16.7 Å². The standard InChI is InChI=1S/C24H26FN3O4/c1-2-32-23(30)20-15-27(12-11-18(20)16-7-9-17(25)10-8-16)13-14-28-22(29)19-5-3-4-6-21(19)26-24(28)31/h3-10,18,20H,2,11-15H2,1H3,(H,26,31). The van der Waals surface area contributed by atoms with Gasteiger partial charge in [0, 0.05) is 19.6 Å². The molecule has 32 heavy (non-hydrogen) atoms. The van der Waals surface area contributed by atoms with E-state index in [0.717, 1.165) is 5.56 Å². The zero-order valence-electron chi connectivity index (χ0n) is 17.9. The number of rotatable bonds is 6. The van der Waals surface area contributed by atoms with Gasteiger partial charge in [-0.05, 0) is 55.6 Å². The van der Waals surface area contributed by atoms with Crippen LogP contribution in [0.1, 0.15) is 24.8 Å². The van der Waals surface area contributed by atoms with E-state index < -0.39 is 11.6 Å². The molecule has 2 atom stereocenters. The Morgan fingerprint density at radius 2 is 1.88 bits per heavy atom. The first-order chi connectivity index (χ1) is 15.5. The van der Waals surface area contributed by atoms with Gasteiger partial charge in [0.15, 0.2) is 0 Å². The van der Waals surface area contributed by atoms with Gasteiger partial charge in [0.1, 0.15) is 5.82 Å². The Hall–Kier alpha value is -3.26. The van der Waals surface area contributed by atoms with Crippen LogP contribution in [0.2, 0.25) is 0 Å². The zero-order chi connectivity index (χ0) is 22.7. The van der Waals surface area contributed by atoms with E-state index >= 15 is 0 Å². The van der Waals surface area contributed by atoms with Gasteiger partial charge < -0.3 is 14.6 Å². The summed E-state index contributed by atoms with van der Waals surface area (Å²) >= 11 is 0. The number of likely N-dealkylation sites (tertiary alicyclic amines) is 1. The van der Waals surface area contributed by atoms with Gasteiger partial charge in [-0.3, -0.25) is 14.2 Å². The third-order valence-electron chi connectivity index (χ3n) is 6.11. The summed E-state index contributed by atoms with van der Waals surface area (Å²) in [6.07, 6.45) is 0.693. The number of ether oxygens (including phenoxy) is 1. The molecule has 0 aliphatic carbocycles. The number of fused-ring (bicyclic) bond motifs is 1. The lowest BCUT2D eigenvalue weighted by molar-refractivity contribution is -0.150. The number of aromatic amines is 1. The number of benzene rings is 2. The van der Waals surface area contributed by atoms with Crippen molar-refractivity contribution >= 4 is 16.9 Å². The zero-order valence-corrected chi connectivity index (χ0v) is 17.9. The molecule has 0 bridgehead atoms. The predicted octanol–water partition coefficient (Wildman–Crippen LogP) is 2.50. The minimum Gasteiger partial charge on any atom is -0.466 e. The van der Waals surface area contributed by atoms with Gasteiger partial charge in [0.25, 0.3) is 5.56 Å². The molecule has 0 amide bonds. The van der Waals surface area contributed by atoms with Crippen LogP contribution in [-0.4, -0.2) is 46.7 Å². The Morgan fingerprint density at radius 1 is 1.12 bits per heavy atom. The van der Waals surface area contributed by atoms with Crippen LogP contribution in [0.5, 0.6) is 0 Å². The monoisotopic (exact) mass is 439 g/mol. The summed E-state index contributed by atoms with van der Waals surface area (Å²) in [6, 6.07) is 13.2. The van der Waals surface area contributed by atoms with Crippen LogP contribution in [0.3, 0.4) is 0 Å². The SMILES string of the molecule is CCOC(=O)C1CN(CCn2c(=O)[nH]c3ccccc3c2=O)CCC1c1ccc(F)cc1. The number of H-pyrrole nitrogens is 1. The van der Waals surface area contributed by atoms with Gasteiger partial charge >= 0.3 is 11.7 Å². The second-order valence-electron chi connectivity index (χ2n) is 8.04. The Morgan fingerprint density at radius 3 is 2.62 bits per heavy atom. The molecular formula is C24H26FN3O4. The largest absolute Gasteiger partial charge is 0.466 e. The lowest BCUT2D eigenvalue weighted by atomic mass is 9.80. The van der Waals surface area contributed by atoms with E-state index in [-0.39, 0.29) is 36.4 Å². The highest BCUT2D eigenvalue weighted by Crippen LogP contribution is 2.34. The number of nitrogens with zero attached hydrogens (tertiary/aromatic N) is 2. The molecule has 1 saturated heterocycles. The van der Waals surface area contributed by atoms with Gasteiger partial charge in [-0.15, -0.1) is 0 Å². The maximum atomic E-state index is 13.4. The molecule has 0 radical (unpaired) electrons. The van der Waals surface area contributed by atoms with Gasteiger partial charge in [-0.1, -0.05) is 24.3 Å². The number of carbonyl (C=O) groups excluding carboxylic acids is 1. The lowest BCUT2D eigenvalue weighted by Crippen LogP contribution is -2.46. The van der Waals surface area contributed by atoms with Crippen LogP contribution in [-0.2, 0) is 16.1 Å². The third-order valence-corrected chi connectivity index (χ3v) is 6.11. The number of hydrogen-bond acceptors (Lipinski definition) is 5. The van der Waals surface area contributed by atoms with Crippen molar-refractivity contribution in [1.29, 1.82) is 0 Å². The van der Waals surface area contributed by atoms with Crippen LogP contribution in [0.4, 0.5) is 4.39 Å².